The van der Waals surface area contributed by atoms with E-state index >= 15 is 0 Å². The van der Waals surface area contributed by atoms with Crippen LogP contribution in [0.2, 0.25) is 10.0 Å². The SMILES string of the molecule is O=C1NN=C(c2cc([N+](=O)[O-])c(Cl)cc2Cl)[C@@H]1C1=NCCCCC1. The van der Waals surface area contributed by atoms with Crippen molar-refractivity contribution in [1.82, 2.24) is 5.43 Å². The number of carbonyl (C=O) groups is 1. The van der Waals surface area contributed by atoms with Crippen LogP contribution in [0.25, 0.3) is 0 Å². The van der Waals surface area contributed by atoms with Gasteiger partial charge in [0.25, 0.3) is 11.6 Å². The number of benzene rings is 1. The van der Waals surface area contributed by atoms with Gasteiger partial charge in [-0.15, -0.1) is 0 Å². The zero-order valence-electron chi connectivity index (χ0n) is 12.6. The van der Waals surface area contributed by atoms with Crippen LogP contribution in [-0.4, -0.2) is 28.8 Å². The number of nitro benzene ring substituents is 1. The molecule has 0 fully saturated rings. The van der Waals surface area contributed by atoms with Gasteiger partial charge in [0.05, 0.1) is 15.7 Å². The summed E-state index contributed by atoms with van der Waals surface area (Å²) < 4.78 is 0. The first-order valence-electron chi connectivity index (χ1n) is 7.53. The summed E-state index contributed by atoms with van der Waals surface area (Å²) in [5.74, 6) is -0.958. The molecule has 1 N–H and O–H groups in total. The second kappa shape index (κ2) is 6.86. The summed E-state index contributed by atoms with van der Waals surface area (Å²) in [6, 6.07) is 2.56. The largest absolute Gasteiger partial charge is 0.293 e. The lowest BCUT2D eigenvalue weighted by Crippen LogP contribution is -2.31. The van der Waals surface area contributed by atoms with Gasteiger partial charge in [-0.25, -0.2) is 5.43 Å². The number of hydrazone groups is 1. The van der Waals surface area contributed by atoms with E-state index in [1.165, 1.54) is 12.1 Å². The molecular formula is C15H14Cl2N4O3. The molecule has 0 saturated carbocycles. The molecule has 0 aliphatic carbocycles. The van der Waals surface area contributed by atoms with Crippen LogP contribution in [0.5, 0.6) is 0 Å². The fraction of sp³-hybridized carbons (Fsp3) is 0.400. The zero-order valence-corrected chi connectivity index (χ0v) is 14.1. The Hall–Kier alpha value is -1.99. The lowest BCUT2D eigenvalue weighted by molar-refractivity contribution is -0.384. The second-order valence-corrected chi connectivity index (χ2v) is 6.44. The first-order chi connectivity index (χ1) is 11.5. The summed E-state index contributed by atoms with van der Waals surface area (Å²) in [5.41, 5.74) is 3.57. The van der Waals surface area contributed by atoms with E-state index in [1.54, 1.807) is 0 Å². The van der Waals surface area contributed by atoms with E-state index in [0.29, 0.717) is 24.2 Å². The molecular weight excluding hydrogens is 355 g/mol. The highest BCUT2D eigenvalue weighted by atomic mass is 35.5. The third-order valence-corrected chi connectivity index (χ3v) is 4.69. The molecule has 0 spiro atoms. The predicted octanol–water partition coefficient (Wildman–Crippen LogP) is 3.37. The van der Waals surface area contributed by atoms with E-state index in [1.807, 2.05) is 0 Å². The monoisotopic (exact) mass is 368 g/mol. The number of halogens is 2. The Kier molecular flexibility index (Phi) is 4.82. The first kappa shape index (κ1) is 16.9. The minimum atomic E-state index is -0.665. The zero-order chi connectivity index (χ0) is 17.3. The van der Waals surface area contributed by atoms with Crippen LogP contribution in [-0.2, 0) is 4.79 Å². The molecule has 0 saturated heterocycles. The number of hydrogen-bond donors (Lipinski definition) is 1. The molecule has 1 aromatic carbocycles. The number of aliphatic imine (C=N–C) groups is 1. The molecule has 3 rings (SSSR count). The molecule has 1 atom stereocenters. The van der Waals surface area contributed by atoms with Crippen LogP contribution in [0.15, 0.2) is 22.2 Å². The van der Waals surface area contributed by atoms with E-state index in [-0.39, 0.29) is 21.6 Å². The molecule has 1 amide bonds. The van der Waals surface area contributed by atoms with Gasteiger partial charge >= 0.3 is 0 Å². The van der Waals surface area contributed by atoms with Gasteiger partial charge in [-0.1, -0.05) is 29.6 Å². The summed E-state index contributed by atoms with van der Waals surface area (Å²) in [6.45, 7) is 0.668. The highest BCUT2D eigenvalue weighted by molar-refractivity contribution is 6.40. The Morgan fingerprint density at radius 3 is 2.75 bits per heavy atom. The smallest absolute Gasteiger partial charge is 0.288 e. The Morgan fingerprint density at radius 2 is 2.00 bits per heavy atom. The molecule has 2 aliphatic heterocycles. The van der Waals surface area contributed by atoms with Gasteiger partial charge in [0, 0.05) is 23.9 Å². The Morgan fingerprint density at radius 1 is 1.21 bits per heavy atom. The van der Waals surface area contributed by atoms with Crippen LogP contribution in [0.3, 0.4) is 0 Å². The van der Waals surface area contributed by atoms with Gasteiger partial charge in [0.1, 0.15) is 10.9 Å². The molecule has 0 radical (unpaired) electrons. The molecule has 126 valence electrons. The number of nitrogens with one attached hydrogen (secondary N) is 1. The van der Waals surface area contributed by atoms with Crippen LogP contribution < -0.4 is 5.43 Å². The van der Waals surface area contributed by atoms with E-state index < -0.39 is 10.8 Å². The van der Waals surface area contributed by atoms with E-state index in [9.17, 15) is 14.9 Å². The molecule has 0 aromatic heterocycles. The highest BCUT2D eigenvalue weighted by Crippen LogP contribution is 2.33. The molecule has 24 heavy (non-hydrogen) atoms. The number of rotatable bonds is 3. The lowest BCUT2D eigenvalue weighted by atomic mass is 9.90. The van der Waals surface area contributed by atoms with Gasteiger partial charge in [-0.2, -0.15) is 5.10 Å². The standard InChI is InChI=1S/C15H14Cl2N4O3/c16-9-7-10(17)12(21(23)24)6-8(9)14-13(15(22)20-19-14)11-4-2-1-3-5-18-11/h6-7,13H,1-5H2,(H,20,22)/t13-/m0/s1. The maximum atomic E-state index is 12.3. The van der Waals surface area contributed by atoms with Crippen LogP contribution in [0.4, 0.5) is 5.69 Å². The van der Waals surface area contributed by atoms with E-state index in [0.717, 1.165) is 25.0 Å². The summed E-state index contributed by atoms with van der Waals surface area (Å²) in [6.07, 6.45) is 3.69. The van der Waals surface area contributed by atoms with Crippen molar-refractivity contribution in [2.75, 3.05) is 6.54 Å². The second-order valence-electron chi connectivity index (χ2n) is 5.63. The molecule has 2 heterocycles. The molecule has 9 heteroatoms. The van der Waals surface area contributed by atoms with Crippen LogP contribution in [0, 0.1) is 16.0 Å². The predicted molar refractivity (Wildman–Crippen MR) is 92.1 cm³/mol. The fourth-order valence-corrected chi connectivity index (χ4v) is 3.45. The number of carbonyl (C=O) groups excluding carboxylic acids is 1. The van der Waals surface area contributed by atoms with E-state index in [2.05, 4.69) is 15.5 Å². The first-order valence-corrected chi connectivity index (χ1v) is 8.29. The van der Waals surface area contributed by atoms with E-state index in [4.69, 9.17) is 23.2 Å². The number of amides is 1. The summed E-state index contributed by atoms with van der Waals surface area (Å²) in [4.78, 5) is 27.3. The van der Waals surface area contributed by atoms with Crippen LogP contribution >= 0.6 is 23.2 Å². The maximum absolute atomic E-state index is 12.3. The van der Waals surface area contributed by atoms with Gasteiger partial charge in [-0.05, 0) is 25.3 Å². The van der Waals surface area contributed by atoms with Crippen molar-refractivity contribution in [3.8, 4) is 0 Å². The summed E-state index contributed by atoms with van der Waals surface area (Å²) in [5, 5.41) is 15.3. The minimum absolute atomic E-state index is 0.0602. The third kappa shape index (κ3) is 3.14. The van der Waals surface area contributed by atoms with Gasteiger partial charge < -0.3 is 0 Å². The van der Waals surface area contributed by atoms with Crippen molar-refractivity contribution in [2.45, 2.75) is 25.7 Å². The number of hydrogen-bond acceptors (Lipinski definition) is 5. The average molecular weight is 369 g/mol. The number of nitro groups is 1. The summed E-state index contributed by atoms with van der Waals surface area (Å²) >= 11 is 12.1. The van der Waals surface area contributed by atoms with Gasteiger partial charge in [0.15, 0.2) is 0 Å². The molecule has 7 nitrogen and oxygen atoms in total. The Bertz CT molecular complexity index is 776. The van der Waals surface area contributed by atoms with Crippen molar-refractivity contribution < 1.29 is 9.72 Å². The quantitative estimate of drug-likeness (QED) is 0.653. The molecule has 1 aromatic rings. The summed E-state index contributed by atoms with van der Waals surface area (Å²) in [7, 11) is 0. The fourth-order valence-electron chi connectivity index (χ4n) is 2.90. The van der Waals surface area contributed by atoms with Crippen molar-refractivity contribution >= 4 is 46.2 Å². The molecule has 0 unspecified atom stereocenters. The number of nitrogens with zero attached hydrogens (tertiary/aromatic N) is 3. The maximum Gasteiger partial charge on any atom is 0.288 e. The lowest BCUT2D eigenvalue weighted by Gasteiger charge is -2.14. The molecule has 2 aliphatic rings. The van der Waals surface area contributed by atoms with Gasteiger partial charge in [-0.3, -0.25) is 19.9 Å². The van der Waals surface area contributed by atoms with Crippen molar-refractivity contribution in [3.63, 3.8) is 0 Å². The minimum Gasteiger partial charge on any atom is -0.293 e. The Balaban J connectivity index is 2.04. The van der Waals surface area contributed by atoms with Crippen molar-refractivity contribution in [2.24, 2.45) is 16.0 Å². The third-order valence-electron chi connectivity index (χ3n) is 4.07. The average Bonchev–Trinajstić information content (AvgIpc) is 2.74. The highest BCUT2D eigenvalue weighted by Gasteiger charge is 2.37. The topological polar surface area (TPSA) is 97.0 Å². The van der Waals surface area contributed by atoms with Crippen LogP contribution in [0.1, 0.15) is 31.2 Å². The van der Waals surface area contributed by atoms with Crippen molar-refractivity contribution in [1.29, 1.82) is 0 Å². The van der Waals surface area contributed by atoms with Crippen molar-refractivity contribution in [3.05, 3.63) is 37.9 Å². The van der Waals surface area contributed by atoms with Gasteiger partial charge in [0.2, 0.25) is 0 Å². The normalized spacial score (nSPS) is 20.9. The Labute approximate surface area is 147 Å². The molecule has 0 bridgehead atoms.